The van der Waals surface area contributed by atoms with E-state index in [2.05, 4.69) is 10.3 Å². The number of rotatable bonds is 7. The Balaban J connectivity index is 1.95. The van der Waals surface area contributed by atoms with E-state index in [9.17, 15) is 18.3 Å². The minimum atomic E-state index is -4.47. The van der Waals surface area contributed by atoms with Crippen LogP contribution >= 0.6 is 0 Å². The summed E-state index contributed by atoms with van der Waals surface area (Å²) >= 11 is 0. The van der Waals surface area contributed by atoms with E-state index >= 15 is 0 Å². The molecule has 0 aliphatic rings. The third kappa shape index (κ3) is 4.29. The Morgan fingerprint density at radius 2 is 1.94 bits per heavy atom. The van der Waals surface area contributed by atoms with E-state index in [0.29, 0.717) is 29.7 Å². The molecule has 2 heterocycles. The summed E-state index contributed by atoms with van der Waals surface area (Å²) in [5.41, 5.74) is 2.68. The number of para-hydroxylation sites is 1. The van der Waals surface area contributed by atoms with E-state index in [1.54, 1.807) is 30.3 Å². The van der Waals surface area contributed by atoms with Crippen molar-refractivity contribution in [3.05, 3.63) is 54.2 Å². The van der Waals surface area contributed by atoms with Crippen LogP contribution in [0.3, 0.4) is 0 Å². The highest BCUT2D eigenvalue weighted by Crippen LogP contribution is 2.37. The summed E-state index contributed by atoms with van der Waals surface area (Å²) in [5, 5.41) is 23.5. The highest BCUT2D eigenvalue weighted by Gasteiger charge is 2.29. The highest BCUT2D eigenvalue weighted by molar-refractivity contribution is 6.10. The maximum atomic E-state index is 12.8. The summed E-state index contributed by atoms with van der Waals surface area (Å²) in [6, 6.07) is 11.8. The van der Waals surface area contributed by atoms with Crippen LogP contribution in [0.2, 0.25) is 0 Å². The summed E-state index contributed by atoms with van der Waals surface area (Å²) in [6.45, 7) is 0.885. The topological polar surface area (TPSA) is 79.5 Å². The predicted octanol–water partition coefficient (Wildman–Crippen LogP) is 4.93. The highest BCUT2D eigenvalue weighted by atomic mass is 19.4. The molecule has 4 rings (SSSR count). The minimum absolute atomic E-state index is 0.00260. The van der Waals surface area contributed by atoms with E-state index in [4.69, 9.17) is 9.84 Å². The van der Waals surface area contributed by atoms with Gasteiger partial charge in [-0.3, -0.25) is 0 Å². The number of hydrogen-bond acceptors (Lipinski definition) is 5. The van der Waals surface area contributed by atoms with Crippen molar-refractivity contribution in [2.75, 3.05) is 25.1 Å². The maximum Gasteiger partial charge on any atom is 0.422 e. The van der Waals surface area contributed by atoms with Gasteiger partial charge in [0.15, 0.2) is 6.61 Å². The molecule has 168 valence electrons. The number of benzene rings is 2. The lowest BCUT2D eigenvalue weighted by atomic mass is 10.1. The molecule has 9 heteroatoms. The zero-order chi connectivity index (χ0) is 22.9. The number of aromatic nitrogens is 2. The molecule has 0 unspecified atom stereocenters. The van der Waals surface area contributed by atoms with Crippen LogP contribution < -0.4 is 10.1 Å². The number of aromatic hydroxyl groups is 1. The van der Waals surface area contributed by atoms with Gasteiger partial charge in [0, 0.05) is 35.8 Å². The molecule has 0 saturated carbocycles. The number of ether oxygens (including phenoxy) is 1. The van der Waals surface area contributed by atoms with Crippen molar-refractivity contribution in [3.8, 4) is 17.2 Å². The molecule has 0 fully saturated rings. The first-order chi connectivity index (χ1) is 15.3. The number of alkyl halides is 3. The quantitative estimate of drug-likeness (QED) is 0.352. The van der Waals surface area contributed by atoms with E-state index in [0.717, 1.165) is 22.2 Å². The fraction of sp³-hybridized carbons (Fsp3) is 0.261. The molecule has 0 aliphatic heterocycles. The van der Waals surface area contributed by atoms with Crippen LogP contribution in [0.1, 0.15) is 12.0 Å². The molecule has 32 heavy (non-hydrogen) atoms. The minimum Gasteiger partial charge on any atom is -0.508 e. The van der Waals surface area contributed by atoms with Gasteiger partial charge in [0.2, 0.25) is 0 Å². The van der Waals surface area contributed by atoms with Gasteiger partial charge in [-0.2, -0.15) is 13.2 Å². The molecular formula is C23H22F3N3O3. The molecule has 2 aromatic heterocycles. The van der Waals surface area contributed by atoms with Gasteiger partial charge in [-0.25, -0.2) is 4.98 Å². The van der Waals surface area contributed by atoms with Crippen molar-refractivity contribution in [1.82, 2.24) is 9.55 Å². The second kappa shape index (κ2) is 8.58. The average molecular weight is 445 g/mol. The molecule has 4 aromatic rings. The summed E-state index contributed by atoms with van der Waals surface area (Å²) in [6.07, 6.45) is -2.13. The molecule has 0 aliphatic carbocycles. The first-order valence-electron chi connectivity index (χ1n) is 10.1. The number of nitrogens with one attached hydrogen (secondary N) is 1. The van der Waals surface area contributed by atoms with Crippen LogP contribution in [0.5, 0.6) is 11.5 Å². The molecule has 2 aromatic carbocycles. The number of phenolic OH excluding ortho intramolecular Hbond substituents is 1. The molecule has 0 atom stereocenters. The van der Waals surface area contributed by atoms with Gasteiger partial charge < -0.3 is 24.8 Å². The van der Waals surface area contributed by atoms with Crippen molar-refractivity contribution in [3.63, 3.8) is 0 Å². The number of aliphatic hydroxyl groups excluding tert-OH is 1. The number of fused-ring (bicyclic) bond motifs is 3. The SMILES string of the molecule is Cc1cc(O)ccc1-n1ccc2c(NCCCO)nc3c(OCC(F)(F)F)cccc3c21. The Morgan fingerprint density at radius 1 is 1.12 bits per heavy atom. The number of aliphatic hydroxyl groups is 1. The lowest BCUT2D eigenvalue weighted by Crippen LogP contribution is -2.19. The van der Waals surface area contributed by atoms with Crippen LogP contribution in [0, 0.1) is 6.92 Å². The second-order valence-corrected chi connectivity index (χ2v) is 7.44. The van der Waals surface area contributed by atoms with Crippen LogP contribution in [0.4, 0.5) is 19.0 Å². The molecule has 3 N–H and O–H groups in total. The lowest BCUT2D eigenvalue weighted by molar-refractivity contribution is -0.153. The van der Waals surface area contributed by atoms with Crippen LogP contribution in [-0.4, -0.2) is 45.7 Å². The molecule has 0 radical (unpaired) electrons. The molecular weight excluding hydrogens is 423 g/mol. The predicted molar refractivity (Wildman–Crippen MR) is 117 cm³/mol. The van der Waals surface area contributed by atoms with Gasteiger partial charge >= 0.3 is 6.18 Å². The summed E-state index contributed by atoms with van der Waals surface area (Å²) < 4.78 is 45.4. The average Bonchev–Trinajstić information content (AvgIpc) is 3.17. The number of nitrogens with zero attached hydrogens (tertiary/aromatic N) is 2. The fourth-order valence-corrected chi connectivity index (χ4v) is 3.71. The number of hydrogen-bond donors (Lipinski definition) is 3. The Hall–Kier alpha value is -3.46. The van der Waals surface area contributed by atoms with E-state index < -0.39 is 12.8 Å². The number of halogens is 3. The van der Waals surface area contributed by atoms with Crippen LogP contribution in [0.25, 0.3) is 27.5 Å². The molecule has 6 nitrogen and oxygen atoms in total. The third-order valence-electron chi connectivity index (χ3n) is 5.08. The zero-order valence-electron chi connectivity index (χ0n) is 17.3. The van der Waals surface area contributed by atoms with Gasteiger partial charge in [0.25, 0.3) is 0 Å². The zero-order valence-corrected chi connectivity index (χ0v) is 17.3. The largest absolute Gasteiger partial charge is 0.508 e. The normalized spacial score (nSPS) is 11.9. The van der Waals surface area contributed by atoms with Gasteiger partial charge in [-0.1, -0.05) is 12.1 Å². The van der Waals surface area contributed by atoms with Crippen molar-refractivity contribution in [1.29, 1.82) is 0 Å². The Kier molecular flexibility index (Phi) is 5.84. The van der Waals surface area contributed by atoms with E-state index in [1.807, 2.05) is 23.8 Å². The van der Waals surface area contributed by atoms with Crippen molar-refractivity contribution in [2.45, 2.75) is 19.5 Å². The van der Waals surface area contributed by atoms with E-state index in [1.165, 1.54) is 6.07 Å². The van der Waals surface area contributed by atoms with Crippen molar-refractivity contribution >= 4 is 27.6 Å². The van der Waals surface area contributed by atoms with Crippen LogP contribution in [-0.2, 0) is 0 Å². The first kappa shape index (κ1) is 21.8. The number of phenols is 1. The molecule has 0 amide bonds. The summed E-state index contributed by atoms with van der Waals surface area (Å²) in [7, 11) is 0. The van der Waals surface area contributed by atoms with Gasteiger partial charge in [-0.05, 0) is 49.2 Å². The smallest absolute Gasteiger partial charge is 0.422 e. The Morgan fingerprint density at radius 3 is 2.66 bits per heavy atom. The number of aryl methyl sites for hydroxylation is 1. The molecule has 0 bridgehead atoms. The lowest BCUT2D eigenvalue weighted by Gasteiger charge is -2.16. The number of pyridine rings is 1. The fourth-order valence-electron chi connectivity index (χ4n) is 3.71. The summed E-state index contributed by atoms with van der Waals surface area (Å²) in [5.74, 6) is 0.657. The maximum absolute atomic E-state index is 12.8. The monoisotopic (exact) mass is 445 g/mol. The van der Waals surface area contributed by atoms with Crippen LogP contribution in [0.15, 0.2) is 48.7 Å². The van der Waals surface area contributed by atoms with Crippen molar-refractivity contribution in [2.24, 2.45) is 0 Å². The molecule has 0 saturated heterocycles. The second-order valence-electron chi connectivity index (χ2n) is 7.44. The standard InChI is InChI=1S/C23H22F3N3O3/c1-14-12-15(31)6-7-18(14)29-10-8-17-21(29)16-4-2-5-19(32-13-23(24,25)26)20(16)28-22(17)27-9-3-11-30/h2,4-8,10,12,30-31H,3,9,11,13H2,1H3,(H,27,28). The number of anilines is 1. The van der Waals surface area contributed by atoms with Gasteiger partial charge in [-0.15, -0.1) is 0 Å². The third-order valence-corrected chi connectivity index (χ3v) is 5.08. The Bertz CT molecular complexity index is 1270. The van der Waals surface area contributed by atoms with Crippen molar-refractivity contribution < 1.29 is 28.1 Å². The Labute approximate surface area is 181 Å². The summed E-state index contributed by atoms with van der Waals surface area (Å²) in [4.78, 5) is 4.58. The molecule has 0 spiro atoms. The van der Waals surface area contributed by atoms with E-state index in [-0.39, 0.29) is 18.1 Å². The van der Waals surface area contributed by atoms with Gasteiger partial charge in [0.05, 0.1) is 5.52 Å². The first-order valence-corrected chi connectivity index (χ1v) is 10.1. The van der Waals surface area contributed by atoms with Gasteiger partial charge in [0.1, 0.15) is 22.8 Å².